The number of rotatable bonds is 11. The number of aryl methyl sites for hydroxylation is 2. The predicted molar refractivity (Wildman–Crippen MR) is 101 cm³/mol. The topological polar surface area (TPSA) is 53.8 Å². The van der Waals surface area contributed by atoms with Gasteiger partial charge in [-0.05, 0) is 40.2 Å². The van der Waals surface area contributed by atoms with E-state index in [1.54, 1.807) is 6.07 Å². The molecule has 2 amide bonds. The minimum atomic E-state index is -0.0294. The van der Waals surface area contributed by atoms with Crippen molar-refractivity contribution in [2.24, 2.45) is 0 Å². The smallest absolute Gasteiger partial charge is 0.257 e. The van der Waals surface area contributed by atoms with Gasteiger partial charge in [0.05, 0.1) is 5.56 Å². The predicted octanol–water partition coefficient (Wildman–Crippen LogP) is 4.18. The summed E-state index contributed by atoms with van der Waals surface area (Å²) in [6.07, 6.45) is 4.78. The third kappa shape index (κ3) is 6.56. The molecule has 1 aromatic rings. The molecule has 0 atom stereocenters. The van der Waals surface area contributed by atoms with Crippen molar-refractivity contribution < 1.29 is 14.0 Å². The normalized spacial score (nSPS) is 10.8. The lowest BCUT2D eigenvalue weighted by Gasteiger charge is -2.24. The maximum Gasteiger partial charge on any atom is 0.257 e. The van der Waals surface area contributed by atoms with Gasteiger partial charge in [0, 0.05) is 32.6 Å². The van der Waals surface area contributed by atoms with Crippen LogP contribution in [-0.2, 0) is 4.79 Å². The quantitative estimate of drug-likeness (QED) is 0.563. The van der Waals surface area contributed by atoms with Crippen LogP contribution in [0.2, 0.25) is 0 Å². The number of amides is 2. The van der Waals surface area contributed by atoms with Crippen LogP contribution in [0.25, 0.3) is 0 Å². The van der Waals surface area contributed by atoms with Gasteiger partial charge in [0.2, 0.25) is 5.91 Å². The molecule has 0 bridgehead atoms. The highest BCUT2D eigenvalue weighted by molar-refractivity contribution is 5.95. The minimum absolute atomic E-state index is 0.0294. The highest BCUT2D eigenvalue weighted by Crippen LogP contribution is 2.17. The van der Waals surface area contributed by atoms with Gasteiger partial charge in [-0.1, -0.05) is 26.2 Å². The van der Waals surface area contributed by atoms with Gasteiger partial charge in [-0.25, -0.2) is 0 Å². The summed E-state index contributed by atoms with van der Waals surface area (Å²) in [7, 11) is 0. The number of hydrogen-bond acceptors (Lipinski definition) is 3. The van der Waals surface area contributed by atoms with E-state index in [2.05, 4.69) is 6.92 Å². The fraction of sp³-hybridized carbons (Fsp3) is 0.700. The molecule has 0 saturated carbocycles. The fourth-order valence-corrected chi connectivity index (χ4v) is 3.02. The molecule has 0 radical (unpaired) electrons. The van der Waals surface area contributed by atoms with Crippen molar-refractivity contribution in [3.8, 4) is 0 Å². The molecular weight excluding hydrogens is 316 g/mol. The van der Waals surface area contributed by atoms with Crippen LogP contribution in [0.4, 0.5) is 0 Å². The van der Waals surface area contributed by atoms with Gasteiger partial charge in [0.1, 0.15) is 11.5 Å². The van der Waals surface area contributed by atoms with E-state index in [0.29, 0.717) is 43.9 Å². The van der Waals surface area contributed by atoms with Crippen LogP contribution in [0.5, 0.6) is 0 Å². The molecular formula is C20H34N2O3. The molecule has 0 unspecified atom stereocenters. The molecule has 1 aromatic heterocycles. The summed E-state index contributed by atoms with van der Waals surface area (Å²) in [4.78, 5) is 28.8. The molecule has 0 fully saturated rings. The number of carbonyl (C=O) groups is 2. The standard InChI is InChI=1S/C20H34N2O3/c1-6-9-10-11-13-22(14-12-19(23)21(7-2)8-3)20(24)18-15-16(4)25-17(18)5/h15H,6-14H2,1-5H3. The first-order valence-corrected chi connectivity index (χ1v) is 9.58. The molecule has 0 saturated heterocycles. The summed E-state index contributed by atoms with van der Waals surface area (Å²) >= 11 is 0. The zero-order chi connectivity index (χ0) is 18.8. The minimum Gasteiger partial charge on any atom is -0.466 e. The van der Waals surface area contributed by atoms with Crippen LogP contribution >= 0.6 is 0 Å². The largest absolute Gasteiger partial charge is 0.466 e. The van der Waals surface area contributed by atoms with E-state index >= 15 is 0 Å². The van der Waals surface area contributed by atoms with E-state index < -0.39 is 0 Å². The second kappa shape index (κ2) is 11.0. The van der Waals surface area contributed by atoms with Gasteiger partial charge in [-0.15, -0.1) is 0 Å². The molecule has 0 aliphatic carbocycles. The third-order valence-electron chi connectivity index (χ3n) is 4.55. The molecule has 1 rings (SSSR count). The van der Waals surface area contributed by atoms with Gasteiger partial charge in [-0.3, -0.25) is 9.59 Å². The number of furan rings is 1. The van der Waals surface area contributed by atoms with Gasteiger partial charge in [0.25, 0.3) is 5.91 Å². The average molecular weight is 351 g/mol. The maximum atomic E-state index is 12.9. The lowest BCUT2D eigenvalue weighted by Crippen LogP contribution is -2.37. The molecule has 0 spiro atoms. The Morgan fingerprint density at radius 2 is 1.64 bits per heavy atom. The lowest BCUT2D eigenvalue weighted by atomic mass is 10.1. The first-order chi connectivity index (χ1) is 11.9. The van der Waals surface area contributed by atoms with Crippen molar-refractivity contribution in [1.29, 1.82) is 0 Å². The second-order valence-corrected chi connectivity index (χ2v) is 6.50. The van der Waals surface area contributed by atoms with Gasteiger partial charge < -0.3 is 14.2 Å². The molecule has 1 heterocycles. The van der Waals surface area contributed by atoms with Crippen LogP contribution in [0, 0.1) is 13.8 Å². The van der Waals surface area contributed by atoms with E-state index in [0.717, 1.165) is 25.0 Å². The third-order valence-corrected chi connectivity index (χ3v) is 4.55. The first kappa shape index (κ1) is 21.3. The number of unbranched alkanes of at least 4 members (excludes halogenated alkanes) is 3. The van der Waals surface area contributed by atoms with E-state index in [1.165, 1.54) is 6.42 Å². The van der Waals surface area contributed by atoms with Gasteiger partial charge in [-0.2, -0.15) is 0 Å². The Labute approximate surface area is 152 Å². The van der Waals surface area contributed by atoms with Crippen LogP contribution in [0.1, 0.15) is 74.8 Å². The summed E-state index contributed by atoms with van der Waals surface area (Å²) < 4.78 is 5.50. The van der Waals surface area contributed by atoms with Crippen LogP contribution in [0.15, 0.2) is 10.5 Å². The van der Waals surface area contributed by atoms with Crippen LogP contribution in [0.3, 0.4) is 0 Å². The SMILES string of the molecule is CCCCCCN(CCC(=O)N(CC)CC)C(=O)c1cc(C)oc1C. The van der Waals surface area contributed by atoms with Gasteiger partial charge >= 0.3 is 0 Å². The average Bonchev–Trinajstić information content (AvgIpc) is 2.93. The molecule has 0 aliphatic heterocycles. The number of hydrogen-bond donors (Lipinski definition) is 0. The highest BCUT2D eigenvalue weighted by Gasteiger charge is 2.21. The van der Waals surface area contributed by atoms with Crippen molar-refractivity contribution in [3.05, 3.63) is 23.2 Å². The monoisotopic (exact) mass is 350 g/mol. The summed E-state index contributed by atoms with van der Waals surface area (Å²) in [6.45, 7) is 12.4. The molecule has 25 heavy (non-hydrogen) atoms. The Morgan fingerprint density at radius 3 is 2.16 bits per heavy atom. The zero-order valence-corrected chi connectivity index (χ0v) is 16.6. The summed E-state index contributed by atoms with van der Waals surface area (Å²) in [5, 5.41) is 0. The molecule has 5 heteroatoms. The van der Waals surface area contributed by atoms with E-state index in [1.807, 2.05) is 37.5 Å². The lowest BCUT2D eigenvalue weighted by molar-refractivity contribution is -0.131. The molecule has 0 aliphatic rings. The number of carbonyl (C=O) groups excluding carboxylic acids is 2. The van der Waals surface area contributed by atoms with Crippen molar-refractivity contribution in [2.45, 2.75) is 66.7 Å². The summed E-state index contributed by atoms with van der Waals surface area (Å²) in [5.41, 5.74) is 0.614. The van der Waals surface area contributed by atoms with E-state index in [9.17, 15) is 9.59 Å². The highest BCUT2D eigenvalue weighted by atomic mass is 16.3. The molecule has 5 nitrogen and oxygen atoms in total. The Balaban J connectivity index is 2.76. The Morgan fingerprint density at radius 1 is 0.960 bits per heavy atom. The molecule has 0 aromatic carbocycles. The zero-order valence-electron chi connectivity index (χ0n) is 16.6. The Bertz CT molecular complexity index is 547. The summed E-state index contributed by atoms with van der Waals surface area (Å²) in [6, 6.07) is 1.79. The summed E-state index contributed by atoms with van der Waals surface area (Å²) in [5.74, 6) is 1.47. The Kier molecular flexibility index (Phi) is 9.32. The van der Waals surface area contributed by atoms with Crippen LogP contribution in [-0.4, -0.2) is 47.8 Å². The number of nitrogens with zero attached hydrogens (tertiary/aromatic N) is 2. The molecule has 142 valence electrons. The van der Waals surface area contributed by atoms with E-state index in [-0.39, 0.29) is 11.8 Å². The Hall–Kier alpha value is -1.78. The first-order valence-electron chi connectivity index (χ1n) is 9.58. The van der Waals surface area contributed by atoms with Crippen molar-refractivity contribution in [3.63, 3.8) is 0 Å². The van der Waals surface area contributed by atoms with Crippen LogP contribution < -0.4 is 0 Å². The second-order valence-electron chi connectivity index (χ2n) is 6.50. The van der Waals surface area contributed by atoms with E-state index in [4.69, 9.17) is 4.42 Å². The maximum absolute atomic E-state index is 12.9. The van der Waals surface area contributed by atoms with Crippen molar-refractivity contribution in [1.82, 2.24) is 9.80 Å². The fourth-order valence-electron chi connectivity index (χ4n) is 3.02. The van der Waals surface area contributed by atoms with Gasteiger partial charge in [0.15, 0.2) is 0 Å². The van der Waals surface area contributed by atoms with Crippen molar-refractivity contribution >= 4 is 11.8 Å². The van der Waals surface area contributed by atoms with Crippen molar-refractivity contribution in [2.75, 3.05) is 26.2 Å². The molecule has 0 N–H and O–H groups in total.